The van der Waals surface area contributed by atoms with Crippen molar-refractivity contribution in [3.63, 3.8) is 0 Å². The van der Waals surface area contributed by atoms with E-state index in [0.29, 0.717) is 5.56 Å². The minimum Gasteiger partial charge on any atom is -0.503 e. The molecule has 1 aromatic carbocycles. The second kappa shape index (κ2) is 2.25. The normalized spacial score (nSPS) is 9.90. The number of rotatable bonds is 0. The fourth-order valence-electron chi connectivity index (χ4n) is 0.692. The second-order valence-corrected chi connectivity index (χ2v) is 2.08. The van der Waals surface area contributed by atoms with Gasteiger partial charge < -0.3 is 5.11 Å². The summed E-state index contributed by atoms with van der Waals surface area (Å²) in [7, 11) is 0. The Hall–Kier alpha value is -1.12. The monoisotopic (exact) mass is 144 g/mol. The van der Waals surface area contributed by atoms with Crippen LogP contribution in [0.15, 0.2) is 12.1 Å². The number of hydrogen-bond acceptors (Lipinski definition) is 1. The van der Waals surface area contributed by atoms with Gasteiger partial charge in [-0.3, -0.25) is 0 Å². The Morgan fingerprint density at radius 1 is 1.20 bits per heavy atom. The number of aryl methyl sites for hydroxylation is 1. The minimum absolute atomic E-state index is 0.452. The molecule has 0 saturated carbocycles. The molecule has 0 bridgehead atoms. The van der Waals surface area contributed by atoms with E-state index in [1.54, 1.807) is 6.92 Å². The van der Waals surface area contributed by atoms with Gasteiger partial charge in [0, 0.05) is 0 Å². The number of halogens is 2. The van der Waals surface area contributed by atoms with E-state index < -0.39 is 17.4 Å². The standard InChI is InChI=1S/C7H6F2O/c1-4-2-5(8)7(10)6(9)3-4/h2-3,10H,1H3. The van der Waals surface area contributed by atoms with E-state index in [0.717, 1.165) is 12.1 Å². The molecule has 10 heavy (non-hydrogen) atoms. The molecule has 0 saturated heterocycles. The largest absolute Gasteiger partial charge is 0.503 e. The van der Waals surface area contributed by atoms with Gasteiger partial charge in [-0.1, -0.05) is 0 Å². The predicted molar refractivity (Wildman–Crippen MR) is 32.8 cm³/mol. The SMILES string of the molecule is Cc1cc(F)c(O)c(F)c1. The Kier molecular flexibility index (Phi) is 1.57. The van der Waals surface area contributed by atoms with Crippen LogP contribution in [0.3, 0.4) is 0 Å². The lowest BCUT2D eigenvalue weighted by Crippen LogP contribution is -1.83. The molecule has 54 valence electrons. The smallest absolute Gasteiger partial charge is 0.187 e. The lowest BCUT2D eigenvalue weighted by molar-refractivity contribution is 0.395. The highest BCUT2D eigenvalue weighted by atomic mass is 19.1. The lowest BCUT2D eigenvalue weighted by atomic mass is 10.2. The van der Waals surface area contributed by atoms with Crippen molar-refractivity contribution in [3.05, 3.63) is 29.3 Å². The molecule has 0 aromatic heterocycles. The molecule has 3 heteroatoms. The molecule has 0 amide bonds. The molecule has 1 N–H and O–H groups in total. The molecule has 0 atom stereocenters. The highest BCUT2D eigenvalue weighted by Crippen LogP contribution is 2.20. The van der Waals surface area contributed by atoms with Gasteiger partial charge in [-0.2, -0.15) is 0 Å². The van der Waals surface area contributed by atoms with E-state index in [1.165, 1.54) is 0 Å². The number of aromatic hydroxyl groups is 1. The van der Waals surface area contributed by atoms with E-state index in [-0.39, 0.29) is 0 Å². The van der Waals surface area contributed by atoms with E-state index >= 15 is 0 Å². The average Bonchev–Trinajstić information content (AvgIpc) is 1.82. The van der Waals surface area contributed by atoms with Crippen LogP contribution in [0.4, 0.5) is 8.78 Å². The molecule has 0 radical (unpaired) electrons. The zero-order valence-corrected chi connectivity index (χ0v) is 5.36. The molecule has 0 heterocycles. The molecule has 0 fully saturated rings. The minimum atomic E-state index is -0.919. The molecule has 1 nitrogen and oxygen atoms in total. The Balaban J connectivity index is 3.31. The van der Waals surface area contributed by atoms with Crippen LogP contribution in [0, 0.1) is 18.6 Å². The second-order valence-electron chi connectivity index (χ2n) is 2.08. The highest BCUT2D eigenvalue weighted by Gasteiger charge is 2.06. The van der Waals surface area contributed by atoms with Crippen LogP contribution in [0.2, 0.25) is 0 Å². The predicted octanol–water partition coefficient (Wildman–Crippen LogP) is 1.98. The first kappa shape index (κ1) is 6.99. The van der Waals surface area contributed by atoms with Crippen LogP contribution in [0.1, 0.15) is 5.56 Å². The first-order valence-electron chi connectivity index (χ1n) is 2.76. The summed E-state index contributed by atoms with van der Waals surface area (Å²) in [6, 6.07) is 2.14. The first-order chi connectivity index (χ1) is 4.61. The summed E-state index contributed by atoms with van der Waals surface area (Å²) < 4.78 is 24.7. The number of phenols is 1. The van der Waals surface area contributed by atoms with Gasteiger partial charge in [-0.05, 0) is 24.6 Å². The van der Waals surface area contributed by atoms with Crippen molar-refractivity contribution < 1.29 is 13.9 Å². The third-order valence-corrected chi connectivity index (χ3v) is 1.16. The fourth-order valence-corrected chi connectivity index (χ4v) is 0.692. The zero-order chi connectivity index (χ0) is 7.72. The van der Waals surface area contributed by atoms with Crippen molar-refractivity contribution >= 4 is 0 Å². The molecule has 0 aliphatic heterocycles. The summed E-state index contributed by atoms with van der Waals surface area (Å²) in [5.41, 5.74) is 0.452. The maximum atomic E-state index is 12.4. The molecule has 0 unspecified atom stereocenters. The first-order valence-corrected chi connectivity index (χ1v) is 2.76. The third kappa shape index (κ3) is 1.07. The molecular weight excluding hydrogens is 138 g/mol. The summed E-state index contributed by atoms with van der Waals surface area (Å²) in [6.07, 6.45) is 0. The Morgan fingerprint density at radius 3 is 2.00 bits per heavy atom. The molecule has 0 aliphatic rings. The summed E-state index contributed by atoms with van der Waals surface area (Å²) >= 11 is 0. The van der Waals surface area contributed by atoms with Crippen LogP contribution < -0.4 is 0 Å². The van der Waals surface area contributed by atoms with Crippen LogP contribution >= 0.6 is 0 Å². The molecule has 1 rings (SSSR count). The topological polar surface area (TPSA) is 20.2 Å². The average molecular weight is 144 g/mol. The van der Waals surface area contributed by atoms with Gasteiger partial charge in [0.1, 0.15) is 0 Å². The van der Waals surface area contributed by atoms with Gasteiger partial charge in [-0.25, -0.2) is 8.78 Å². The number of benzene rings is 1. The Labute approximate surface area is 56.9 Å². The molecule has 1 aromatic rings. The molecule has 0 aliphatic carbocycles. The highest BCUT2D eigenvalue weighted by molar-refractivity contribution is 5.28. The van der Waals surface area contributed by atoms with E-state index in [1.807, 2.05) is 0 Å². The van der Waals surface area contributed by atoms with Gasteiger partial charge in [0.05, 0.1) is 0 Å². The van der Waals surface area contributed by atoms with Crippen LogP contribution in [-0.2, 0) is 0 Å². The van der Waals surface area contributed by atoms with Crippen LogP contribution in [0.5, 0.6) is 5.75 Å². The summed E-state index contributed by atoms with van der Waals surface area (Å²) in [4.78, 5) is 0. The molecular formula is C7H6F2O. The summed E-state index contributed by atoms with van der Waals surface area (Å²) in [5.74, 6) is -2.75. The van der Waals surface area contributed by atoms with Crippen LogP contribution in [0.25, 0.3) is 0 Å². The van der Waals surface area contributed by atoms with Gasteiger partial charge in [-0.15, -0.1) is 0 Å². The van der Waals surface area contributed by atoms with Gasteiger partial charge >= 0.3 is 0 Å². The van der Waals surface area contributed by atoms with Gasteiger partial charge in [0.15, 0.2) is 17.4 Å². The van der Waals surface area contributed by atoms with Crippen molar-refractivity contribution in [3.8, 4) is 5.75 Å². The number of phenolic OH excluding ortho intramolecular Hbond substituents is 1. The van der Waals surface area contributed by atoms with E-state index in [2.05, 4.69) is 0 Å². The van der Waals surface area contributed by atoms with Crippen molar-refractivity contribution in [1.29, 1.82) is 0 Å². The van der Waals surface area contributed by atoms with Crippen molar-refractivity contribution in [2.75, 3.05) is 0 Å². The third-order valence-electron chi connectivity index (χ3n) is 1.16. The zero-order valence-electron chi connectivity index (χ0n) is 5.36. The maximum absolute atomic E-state index is 12.4. The van der Waals surface area contributed by atoms with Crippen LogP contribution in [-0.4, -0.2) is 5.11 Å². The van der Waals surface area contributed by atoms with E-state index in [9.17, 15) is 8.78 Å². The maximum Gasteiger partial charge on any atom is 0.187 e. The van der Waals surface area contributed by atoms with Crippen molar-refractivity contribution in [1.82, 2.24) is 0 Å². The molecule has 0 spiro atoms. The van der Waals surface area contributed by atoms with Crippen molar-refractivity contribution in [2.24, 2.45) is 0 Å². The fraction of sp³-hybridized carbons (Fsp3) is 0.143. The number of hydrogen-bond donors (Lipinski definition) is 1. The lowest BCUT2D eigenvalue weighted by Gasteiger charge is -1.97. The van der Waals surface area contributed by atoms with Crippen molar-refractivity contribution in [2.45, 2.75) is 6.92 Å². The Morgan fingerprint density at radius 2 is 1.60 bits per heavy atom. The quantitative estimate of drug-likeness (QED) is 0.590. The Bertz CT molecular complexity index is 235. The van der Waals surface area contributed by atoms with E-state index in [4.69, 9.17) is 5.11 Å². The summed E-state index contributed by atoms with van der Waals surface area (Å²) in [5, 5.41) is 8.58. The van der Waals surface area contributed by atoms with Gasteiger partial charge in [0.2, 0.25) is 0 Å². The summed E-state index contributed by atoms with van der Waals surface area (Å²) in [6.45, 7) is 1.55. The van der Waals surface area contributed by atoms with Gasteiger partial charge in [0.25, 0.3) is 0 Å².